The third kappa shape index (κ3) is 6.95. The Morgan fingerprint density at radius 1 is 0.605 bits per heavy atom. The number of ether oxygens (including phenoxy) is 3. The lowest BCUT2D eigenvalue weighted by atomic mass is 10.0. The van der Waals surface area contributed by atoms with Gasteiger partial charge >= 0.3 is 17.9 Å². The topological polar surface area (TPSA) is 78.9 Å². The van der Waals surface area contributed by atoms with Gasteiger partial charge in [-0.05, 0) is 87.3 Å². The van der Waals surface area contributed by atoms with Gasteiger partial charge in [0.25, 0.3) is 0 Å². The maximum atomic E-state index is 12.7. The maximum absolute atomic E-state index is 12.7. The summed E-state index contributed by atoms with van der Waals surface area (Å²) in [5.41, 5.74) is 1.82. The second-order valence-electron chi connectivity index (χ2n) is 11.0. The lowest BCUT2D eigenvalue weighted by Crippen LogP contribution is -2.19. The van der Waals surface area contributed by atoms with Gasteiger partial charge in [-0.3, -0.25) is 14.4 Å². The van der Waals surface area contributed by atoms with Crippen LogP contribution in [-0.2, 0) is 27.2 Å². The average molecular weight is 517 g/mol. The highest BCUT2D eigenvalue weighted by Crippen LogP contribution is 2.31. The molecule has 0 atom stereocenters. The summed E-state index contributed by atoms with van der Waals surface area (Å²) in [6, 6.07) is 15.0. The number of hydrogen-bond acceptors (Lipinski definition) is 6. The molecule has 2 aromatic rings. The third-order valence-electron chi connectivity index (χ3n) is 8.12. The number of rotatable bonds is 9. The van der Waals surface area contributed by atoms with Crippen molar-refractivity contribution in [1.29, 1.82) is 0 Å². The SMILES string of the molecule is O=C(Oc1c#cc(CCc2cc(OC(=O)C3CCCC3)cc(OC(=O)C3CCCC3)c2)cc1)C1CCCC1. The molecule has 0 N–H and O–H groups in total. The third-order valence-corrected chi connectivity index (χ3v) is 8.12. The summed E-state index contributed by atoms with van der Waals surface area (Å²) in [6.45, 7) is 0. The predicted octanol–water partition coefficient (Wildman–Crippen LogP) is 6.36. The standard InChI is InChI=1S/C32H36O6/c33-30(24-7-1-2-8-24)36-27-17-15-22(16-18-27)13-14-23-19-28(37-31(34)25-9-3-4-10-25)21-29(20-23)38-32(35)26-11-5-6-12-26/h15,17,19-21,24-26H,1-14H2. The van der Waals surface area contributed by atoms with Gasteiger partial charge in [-0.1, -0.05) is 44.6 Å². The average Bonchev–Trinajstić information content (AvgIpc) is 3.72. The van der Waals surface area contributed by atoms with E-state index in [0.717, 1.165) is 88.2 Å². The number of benzene rings is 1. The molecule has 0 saturated heterocycles. The van der Waals surface area contributed by atoms with Crippen LogP contribution in [0.5, 0.6) is 17.2 Å². The first-order valence-electron chi connectivity index (χ1n) is 14.3. The minimum atomic E-state index is -0.210. The van der Waals surface area contributed by atoms with Crippen molar-refractivity contribution in [2.24, 2.45) is 17.8 Å². The molecular formula is C32H36O6. The van der Waals surface area contributed by atoms with Gasteiger partial charge < -0.3 is 14.2 Å². The predicted molar refractivity (Wildman–Crippen MR) is 141 cm³/mol. The lowest BCUT2D eigenvalue weighted by molar-refractivity contribution is -0.139. The van der Waals surface area contributed by atoms with Gasteiger partial charge in [0.05, 0.1) is 17.8 Å². The fourth-order valence-corrected chi connectivity index (χ4v) is 5.85. The van der Waals surface area contributed by atoms with Crippen molar-refractivity contribution in [3.63, 3.8) is 0 Å². The molecule has 0 aliphatic heterocycles. The molecular weight excluding hydrogens is 480 g/mol. The maximum Gasteiger partial charge on any atom is 0.314 e. The summed E-state index contributed by atoms with van der Waals surface area (Å²) in [5.74, 6) is 0.504. The molecule has 2 aromatic carbocycles. The van der Waals surface area contributed by atoms with E-state index in [4.69, 9.17) is 14.2 Å². The van der Waals surface area contributed by atoms with Gasteiger partial charge in [0.15, 0.2) is 5.75 Å². The van der Waals surface area contributed by atoms with E-state index in [1.807, 2.05) is 18.2 Å². The van der Waals surface area contributed by atoms with Crippen molar-refractivity contribution in [2.45, 2.75) is 89.9 Å². The molecule has 3 aliphatic carbocycles. The van der Waals surface area contributed by atoms with Crippen LogP contribution in [0.4, 0.5) is 0 Å². The van der Waals surface area contributed by atoms with Gasteiger partial charge in [0.2, 0.25) is 0 Å². The molecule has 6 nitrogen and oxygen atoms in total. The molecule has 3 aliphatic rings. The molecule has 3 saturated carbocycles. The first kappa shape index (κ1) is 26.3. The molecule has 0 unspecified atom stereocenters. The normalized spacial score (nSPS) is 18.3. The van der Waals surface area contributed by atoms with Crippen molar-refractivity contribution in [2.75, 3.05) is 0 Å². The van der Waals surface area contributed by atoms with E-state index in [0.29, 0.717) is 30.1 Å². The molecule has 6 heteroatoms. The number of esters is 3. The van der Waals surface area contributed by atoms with Gasteiger partial charge in [-0.2, -0.15) is 0 Å². The Labute approximate surface area is 225 Å². The van der Waals surface area contributed by atoms with Crippen LogP contribution in [0.25, 0.3) is 0 Å². The molecule has 38 heavy (non-hydrogen) atoms. The summed E-state index contributed by atoms with van der Waals surface area (Å²) in [7, 11) is 0. The molecule has 0 spiro atoms. The van der Waals surface area contributed by atoms with Crippen LogP contribution in [0.3, 0.4) is 0 Å². The smallest absolute Gasteiger partial charge is 0.314 e. The Bertz CT molecular complexity index is 1070. The Balaban J connectivity index is 1.23. The van der Waals surface area contributed by atoms with Crippen LogP contribution < -0.4 is 14.2 Å². The molecule has 3 fully saturated rings. The van der Waals surface area contributed by atoms with E-state index in [9.17, 15) is 14.4 Å². The molecule has 0 aromatic heterocycles. The zero-order chi connectivity index (χ0) is 26.3. The Morgan fingerprint density at radius 2 is 1.08 bits per heavy atom. The molecule has 200 valence electrons. The first-order chi connectivity index (χ1) is 18.5. The molecule has 5 rings (SSSR count). The summed E-state index contributed by atoms with van der Waals surface area (Å²) >= 11 is 0. The van der Waals surface area contributed by atoms with Crippen molar-refractivity contribution < 1.29 is 28.6 Å². The second kappa shape index (κ2) is 12.5. The first-order valence-corrected chi connectivity index (χ1v) is 14.3. The van der Waals surface area contributed by atoms with Crippen molar-refractivity contribution in [3.8, 4) is 17.2 Å². The number of hydrogen-bond donors (Lipinski definition) is 0. The van der Waals surface area contributed by atoms with E-state index < -0.39 is 0 Å². The van der Waals surface area contributed by atoms with Crippen LogP contribution in [0.15, 0.2) is 30.3 Å². The number of carbonyl (C=O) groups is 3. The minimum absolute atomic E-state index is 0.00455. The highest BCUT2D eigenvalue weighted by atomic mass is 16.5. The lowest BCUT2D eigenvalue weighted by Gasteiger charge is -2.14. The monoisotopic (exact) mass is 516 g/mol. The largest absolute Gasteiger partial charge is 0.426 e. The van der Waals surface area contributed by atoms with Gasteiger partial charge in [0, 0.05) is 11.6 Å². The van der Waals surface area contributed by atoms with Crippen LogP contribution >= 0.6 is 0 Å². The summed E-state index contributed by atoms with van der Waals surface area (Å²) in [6.07, 6.45) is 12.9. The van der Waals surface area contributed by atoms with Gasteiger partial charge in [0.1, 0.15) is 11.5 Å². The van der Waals surface area contributed by atoms with Crippen LogP contribution in [-0.4, -0.2) is 17.9 Å². The van der Waals surface area contributed by atoms with Crippen LogP contribution in [0, 0.1) is 29.9 Å². The second-order valence-corrected chi connectivity index (χ2v) is 11.0. The van der Waals surface area contributed by atoms with Gasteiger partial charge in [-0.25, -0.2) is 0 Å². The summed E-state index contributed by atoms with van der Waals surface area (Å²) in [5, 5.41) is 0. The highest BCUT2D eigenvalue weighted by molar-refractivity contribution is 5.77. The fourth-order valence-electron chi connectivity index (χ4n) is 5.85. The van der Waals surface area contributed by atoms with Crippen molar-refractivity contribution in [3.05, 3.63) is 53.6 Å². The van der Waals surface area contributed by atoms with Crippen LogP contribution in [0.1, 0.15) is 88.2 Å². The van der Waals surface area contributed by atoms with E-state index in [1.165, 1.54) is 0 Å². The number of aryl methyl sites for hydroxylation is 2. The summed E-state index contributed by atoms with van der Waals surface area (Å²) in [4.78, 5) is 37.6. The Hall–Kier alpha value is -3.33. The zero-order valence-electron chi connectivity index (χ0n) is 22.0. The van der Waals surface area contributed by atoms with E-state index >= 15 is 0 Å². The molecule has 0 radical (unpaired) electrons. The van der Waals surface area contributed by atoms with Gasteiger partial charge in [-0.15, -0.1) is 0 Å². The Morgan fingerprint density at radius 3 is 1.53 bits per heavy atom. The minimum Gasteiger partial charge on any atom is -0.426 e. The van der Waals surface area contributed by atoms with E-state index in [1.54, 1.807) is 12.1 Å². The van der Waals surface area contributed by atoms with E-state index in [2.05, 4.69) is 12.1 Å². The van der Waals surface area contributed by atoms with Crippen LogP contribution in [0.2, 0.25) is 0 Å². The molecule has 0 amide bonds. The zero-order valence-corrected chi connectivity index (χ0v) is 22.0. The molecule has 0 heterocycles. The summed E-state index contributed by atoms with van der Waals surface area (Å²) < 4.78 is 17.0. The van der Waals surface area contributed by atoms with E-state index in [-0.39, 0.29) is 35.7 Å². The van der Waals surface area contributed by atoms with Crippen molar-refractivity contribution in [1.82, 2.24) is 0 Å². The quantitative estimate of drug-likeness (QED) is 0.285. The highest BCUT2D eigenvalue weighted by Gasteiger charge is 2.27. The molecule has 0 bridgehead atoms. The Kier molecular flexibility index (Phi) is 8.63. The van der Waals surface area contributed by atoms with Crippen molar-refractivity contribution >= 4 is 17.9 Å². The number of carbonyl (C=O) groups excluding carboxylic acids is 3. The fraction of sp³-hybridized carbons (Fsp3) is 0.531.